The predicted molar refractivity (Wildman–Crippen MR) is 75.9 cm³/mol. The number of thioether (sulfide) groups is 1. The maximum Gasteiger partial charge on any atom is 0.226 e. The molecule has 1 atom stereocenters. The average molecular weight is 281 g/mol. The summed E-state index contributed by atoms with van der Waals surface area (Å²) in [5, 5.41) is 11.3. The van der Waals surface area contributed by atoms with Crippen LogP contribution in [0.2, 0.25) is 0 Å². The molecule has 1 N–H and O–H groups in total. The van der Waals surface area contributed by atoms with Gasteiger partial charge in [-0.1, -0.05) is 41.3 Å². The molecule has 96 valence electrons. The minimum Gasteiger partial charge on any atom is -0.300 e. The van der Waals surface area contributed by atoms with E-state index >= 15 is 0 Å². The quantitative estimate of drug-likeness (QED) is 0.494. The van der Waals surface area contributed by atoms with Crippen LogP contribution in [0.5, 0.6) is 0 Å². The second-order valence-electron chi connectivity index (χ2n) is 3.99. The van der Waals surface area contributed by atoms with Crippen LogP contribution in [-0.4, -0.2) is 21.9 Å². The van der Waals surface area contributed by atoms with E-state index in [0.717, 1.165) is 22.9 Å². The van der Waals surface area contributed by atoms with Gasteiger partial charge in [-0.25, -0.2) is 0 Å². The van der Waals surface area contributed by atoms with Gasteiger partial charge in [0.15, 0.2) is 4.34 Å². The Kier molecular flexibility index (Phi) is 4.95. The minimum absolute atomic E-state index is 0.0166. The van der Waals surface area contributed by atoms with Crippen molar-refractivity contribution in [1.82, 2.24) is 10.2 Å². The number of hydrogen-bond donors (Lipinski definition) is 1. The summed E-state index contributed by atoms with van der Waals surface area (Å²) in [6.45, 7) is 3.65. The second-order valence-corrected chi connectivity index (χ2v) is 6.24. The van der Waals surface area contributed by atoms with E-state index in [9.17, 15) is 4.79 Å². The van der Waals surface area contributed by atoms with Crippen LogP contribution in [0.4, 0.5) is 5.13 Å². The van der Waals surface area contributed by atoms with E-state index in [1.165, 1.54) is 11.3 Å². The molecule has 1 aromatic heterocycles. The van der Waals surface area contributed by atoms with Crippen molar-refractivity contribution >= 4 is 34.1 Å². The van der Waals surface area contributed by atoms with Crippen molar-refractivity contribution in [3.05, 3.63) is 24.8 Å². The van der Waals surface area contributed by atoms with Crippen molar-refractivity contribution in [2.24, 2.45) is 5.92 Å². The molecule has 0 saturated carbocycles. The Morgan fingerprint density at radius 1 is 1.67 bits per heavy atom. The van der Waals surface area contributed by atoms with Gasteiger partial charge in [0.1, 0.15) is 0 Å². The first kappa shape index (κ1) is 13.3. The van der Waals surface area contributed by atoms with Crippen molar-refractivity contribution < 1.29 is 4.79 Å². The zero-order valence-electron chi connectivity index (χ0n) is 9.96. The molecule has 2 rings (SSSR count). The molecule has 1 aliphatic carbocycles. The highest BCUT2D eigenvalue weighted by molar-refractivity contribution is 8.01. The largest absolute Gasteiger partial charge is 0.300 e. The number of rotatable bonds is 6. The number of amides is 1. The van der Waals surface area contributed by atoms with Gasteiger partial charge in [-0.05, 0) is 18.8 Å². The van der Waals surface area contributed by atoms with Gasteiger partial charge >= 0.3 is 0 Å². The standard InChI is InChI=1S/C12H15N3OS2/c1-2-7-17-12-15-14-11(18-12)13-10(16)8-9-5-3-4-6-9/h2-3,5,9H,1,4,6-8H2,(H,13,14,16)/t9-/m1/s1. The topological polar surface area (TPSA) is 54.9 Å². The fraction of sp³-hybridized carbons (Fsp3) is 0.417. The lowest BCUT2D eigenvalue weighted by molar-refractivity contribution is -0.116. The molecule has 1 aromatic rings. The van der Waals surface area contributed by atoms with Crippen LogP contribution >= 0.6 is 23.1 Å². The third-order valence-electron chi connectivity index (χ3n) is 2.54. The number of nitrogens with zero attached hydrogens (tertiary/aromatic N) is 2. The number of aromatic nitrogens is 2. The number of anilines is 1. The predicted octanol–water partition coefficient (Wildman–Crippen LogP) is 3.11. The normalized spacial score (nSPS) is 17.9. The first-order valence-corrected chi connectivity index (χ1v) is 7.62. The Morgan fingerprint density at radius 3 is 3.28 bits per heavy atom. The van der Waals surface area contributed by atoms with E-state index in [2.05, 4.69) is 34.2 Å². The van der Waals surface area contributed by atoms with Gasteiger partial charge in [0, 0.05) is 12.2 Å². The zero-order chi connectivity index (χ0) is 12.8. The van der Waals surface area contributed by atoms with Crippen molar-refractivity contribution in [3.63, 3.8) is 0 Å². The molecule has 4 nitrogen and oxygen atoms in total. The van der Waals surface area contributed by atoms with Crippen LogP contribution in [0.25, 0.3) is 0 Å². The van der Waals surface area contributed by atoms with E-state index in [1.807, 2.05) is 6.08 Å². The molecular weight excluding hydrogens is 266 g/mol. The van der Waals surface area contributed by atoms with E-state index < -0.39 is 0 Å². The maximum atomic E-state index is 11.8. The van der Waals surface area contributed by atoms with Crippen LogP contribution < -0.4 is 5.32 Å². The van der Waals surface area contributed by atoms with Crippen LogP contribution in [0.1, 0.15) is 19.3 Å². The molecule has 1 heterocycles. The van der Waals surface area contributed by atoms with Crippen molar-refractivity contribution in [2.45, 2.75) is 23.6 Å². The van der Waals surface area contributed by atoms with Gasteiger partial charge in [0.25, 0.3) is 0 Å². The van der Waals surface area contributed by atoms with Gasteiger partial charge in [0.05, 0.1) is 0 Å². The third kappa shape index (κ3) is 3.96. The first-order valence-electron chi connectivity index (χ1n) is 5.81. The van der Waals surface area contributed by atoms with Gasteiger partial charge in [0.2, 0.25) is 11.0 Å². The van der Waals surface area contributed by atoms with Crippen LogP contribution in [0, 0.1) is 5.92 Å². The molecule has 0 saturated heterocycles. The Morgan fingerprint density at radius 2 is 2.56 bits per heavy atom. The Labute approximate surface area is 115 Å². The minimum atomic E-state index is 0.0166. The van der Waals surface area contributed by atoms with E-state index in [4.69, 9.17) is 0 Å². The molecular formula is C12H15N3OS2. The Hall–Kier alpha value is -1.14. The monoisotopic (exact) mass is 281 g/mol. The lowest BCUT2D eigenvalue weighted by Crippen LogP contribution is -2.14. The molecule has 0 bridgehead atoms. The fourth-order valence-corrected chi connectivity index (χ4v) is 3.25. The molecule has 0 radical (unpaired) electrons. The summed E-state index contributed by atoms with van der Waals surface area (Å²) in [5.74, 6) is 1.20. The number of carbonyl (C=O) groups excluding carboxylic acids is 1. The highest BCUT2D eigenvalue weighted by Gasteiger charge is 2.15. The number of hydrogen-bond acceptors (Lipinski definition) is 5. The number of nitrogens with one attached hydrogen (secondary N) is 1. The summed E-state index contributed by atoms with van der Waals surface area (Å²) in [6.07, 6.45) is 8.75. The Balaban J connectivity index is 1.80. The van der Waals surface area contributed by atoms with Crippen molar-refractivity contribution in [2.75, 3.05) is 11.1 Å². The highest BCUT2D eigenvalue weighted by Crippen LogP contribution is 2.26. The van der Waals surface area contributed by atoms with E-state index in [-0.39, 0.29) is 5.91 Å². The maximum absolute atomic E-state index is 11.8. The summed E-state index contributed by atoms with van der Waals surface area (Å²) in [4.78, 5) is 11.8. The molecule has 18 heavy (non-hydrogen) atoms. The summed E-state index contributed by atoms with van der Waals surface area (Å²) < 4.78 is 0.853. The molecule has 0 aromatic carbocycles. The molecule has 0 spiro atoms. The van der Waals surface area contributed by atoms with Crippen LogP contribution in [0.15, 0.2) is 29.1 Å². The van der Waals surface area contributed by atoms with Gasteiger partial charge in [-0.3, -0.25) is 4.79 Å². The molecule has 0 unspecified atom stereocenters. The molecule has 1 amide bonds. The highest BCUT2D eigenvalue weighted by atomic mass is 32.2. The zero-order valence-corrected chi connectivity index (χ0v) is 11.6. The van der Waals surface area contributed by atoms with E-state index in [1.54, 1.807) is 11.8 Å². The van der Waals surface area contributed by atoms with Gasteiger partial charge in [-0.15, -0.1) is 16.8 Å². The van der Waals surface area contributed by atoms with Crippen molar-refractivity contribution in [1.29, 1.82) is 0 Å². The summed E-state index contributed by atoms with van der Waals surface area (Å²) in [7, 11) is 0. The molecule has 1 aliphatic rings. The molecule has 0 aliphatic heterocycles. The summed E-state index contributed by atoms with van der Waals surface area (Å²) in [5.41, 5.74) is 0. The lowest BCUT2D eigenvalue weighted by atomic mass is 10.1. The lowest BCUT2D eigenvalue weighted by Gasteiger charge is -2.05. The number of allylic oxidation sites excluding steroid dienone is 2. The van der Waals surface area contributed by atoms with Gasteiger partial charge in [-0.2, -0.15) is 0 Å². The third-order valence-corrected chi connectivity index (χ3v) is 4.51. The van der Waals surface area contributed by atoms with Crippen molar-refractivity contribution in [3.8, 4) is 0 Å². The smallest absolute Gasteiger partial charge is 0.226 e. The molecule has 0 fully saturated rings. The van der Waals surface area contributed by atoms with Crippen LogP contribution in [-0.2, 0) is 4.79 Å². The fourth-order valence-electron chi connectivity index (χ4n) is 1.72. The number of carbonyl (C=O) groups is 1. The molecule has 6 heteroatoms. The van der Waals surface area contributed by atoms with Crippen LogP contribution in [0.3, 0.4) is 0 Å². The average Bonchev–Trinajstić information content (AvgIpc) is 2.98. The second kappa shape index (κ2) is 6.70. The summed E-state index contributed by atoms with van der Waals surface area (Å²) in [6, 6.07) is 0. The van der Waals surface area contributed by atoms with Gasteiger partial charge < -0.3 is 5.32 Å². The Bertz CT molecular complexity index is 456. The first-order chi connectivity index (χ1) is 8.78. The SMILES string of the molecule is C=CCSc1nnc(NC(=O)C[C@@H]2C=CCC2)s1. The summed E-state index contributed by atoms with van der Waals surface area (Å²) >= 11 is 2.97. The van der Waals surface area contributed by atoms with E-state index in [0.29, 0.717) is 17.5 Å².